The number of carboxylic acids is 1. The molecule has 2 aromatic rings. The first kappa shape index (κ1) is 10.6. The summed E-state index contributed by atoms with van der Waals surface area (Å²) in [6.07, 6.45) is 0. The largest absolute Gasteiger partial charge is 0.475 e. The highest BCUT2D eigenvalue weighted by Gasteiger charge is 2.13. The predicted octanol–water partition coefficient (Wildman–Crippen LogP) is 2.83. The van der Waals surface area contributed by atoms with Gasteiger partial charge in [-0.05, 0) is 12.1 Å². The van der Waals surface area contributed by atoms with Crippen molar-refractivity contribution in [3.05, 3.63) is 40.9 Å². The van der Waals surface area contributed by atoms with Crippen LogP contribution < -0.4 is 0 Å². The molecule has 0 unspecified atom stereocenters. The summed E-state index contributed by atoms with van der Waals surface area (Å²) in [6.45, 7) is 0. The number of benzene rings is 1. The van der Waals surface area contributed by atoms with Crippen LogP contribution in [0.4, 0.5) is 4.39 Å². The Morgan fingerprint density at radius 1 is 1.44 bits per heavy atom. The third kappa shape index (κ3) is 1.90. The lowest BCUT2D eigenvalue weighted by Gasteiger charge is -1.96. The molecule has 0 amide bonds. The number of hydrogen-bond acceptors (Lipinski definition) is 3. The fraction of sp³-hybridized carbons (Fsp3) is 0. The molecule has 4 nitrogen and oxygen atoms in total. The van der Waals surface area contributed by atoms with E-state index in [2.05, 4.69) is 9.68 Å². The van der Waals surface area contributed by atoms with E-state index in [0.29, 0.717) is 5.56 Å². The first-order chi connectivity index (χ1) is 7.58. The molecular formula is C10H5ClFNO3. The molecule has 0 spiro atoms. The number of nitrogens with zero attached hydrogens (tertiary/aromatic N) is 1. The third-order valence-electron chi connectivity index (χ3n) is 1.94. The van der Waals surface area contributed by atoms with E-state index < -0.39 is 11.8 Å². The Kier molecular flexibility index (Phi) is 2.62. The number of carboxylic acid groups (broad SMARTS) is 1. The van der Waals surface area contributed by atoms with Gasteiger partial charge in [0.2, 0.25) is 5.76 Å². The first-order valence-corrected chi connectivity index (χ1v) is 4.61. The van der Waals surface area contributed by atoms with Gasteiger partial charge in [-0.15, -0.1) is 0 Å². The van der Waals surface area contributed by atoms with Gasteiger partial charge in [-0.2, -0.15) is 0 Å². The minimum atomic E-state index is -1.23. The molecule has 82 valence electrons. The van der Waals surface area contributed by atoms with Crippen LogP contribution in [-0.4, -0.2) is 16.2 Å². The fourth-order valence-electron chi connectivity index (χ4n) is 1.17. The van der Waals surface area contributed by atoms with Crippen molar-refractivity contribution >= 4 is 17.6 Å². The minimum absolute atomic E-state index is 0.00861. The molecule has 0 fully saturated rings. The normalized spacial score (nSPS) is 10.4. The lowest BCUT2D eigenvalue weighted by molar-refractivity contribution is 0.0652. The van der Waals surface area contributed by atoms with Crippen molar-refractivity contribution in [1.82, 2.24) is 5.16 Å². The number of aromatic nitrogens is 1. The predicted molar refractivity (Wildman–Crippen MR) is 53.9 cm³/mol. The van der Waals surface area contributed by atoms with Crippen LogP contribution in [0.3, 0.4) is 0 Å². The lowest BCUT2D eigenvalue weighted by atomic mass is 10.1. The van der Waals surface area contributed by atoms with Crippen molar-refractivity contribution in [3.8, 4) is 11.3 Å². The zero-order valence-electron chi connectivity index (χ0n) is 7.78. The molecule has 1 aromatic carbocycles. The van der Waals surface area contributed by atoms with Crippen LogP contribution in [0.25, 0.3) is 11.3 Å². The highest BCUT2D eigenvalue weighted by Crippen LogP contribution is 2.23. The summed E-state index contributed by atoms with van der Waals surface area (Å²) in [5.74, 6) is -2.13. The molecule has 0 radical (unpaired) electrons. The van der Waals surface area contributed by atoms with Gasteiger partial charge in [-0.25, -0.2) is 9.18 Å². The fourth-order valence-corrected chi connectivity index (χ4v) is 1.29. The zero-order valence-corrected chi connectivity index (χ0v) is 8.53. The molecule has 1 heterocycles. The number of carbonyl (C=O) groups is 1. The first-order valence-electron chi connectivity index (χ1n) is 4.23. The maximum absolute atomic E-state index is 13.1. The van der Waals surface area contributed by atoms with Gasteiger partial charge >= 0.3 is 5.97 Å². The van der Waals surface area contributed by atoms with Gasteiger partial charge < -0.3 is 9.63 Å². The maximum atomic E-state index is 13.1. The van der Waals surface area contributed by atoms with Gasteiger partial charge in [0.15, 0.2) is 0 Å². The van der Waals surface area contributed by atoms with Crippen molar-refractivity contribution in [2.45, 2.75) is 0 Å². The van der Waals surface area contributed by atoms with E-state index in [1.807, 2.05) is 0 Å². The van der Waals surface area contributed by atoms with Gasteiger partial charge in [0, 0.05) is 11.6 Å². The van der Waals surface area contributed by atoms with Gasteiger partial charge in [-0.1, -0.05) is 22.8 Å². The Hall–Kier alpha value is -1.88. The number of hydrogen-bond donors (Lipinski definition) is 1. The second-order valence-corrected chi connectivity index (χ2v) is 3.42. The number of rotatable bonds is 2. The van der Waals surface area contributed by atoms with Crippen molar-refractivity contribution in [2.75, 3.05) is 0 Å². The molecule has 0 bridgehead atoms. The highest BCUT2D eigenvalue weighted by atomic mass is 35.5. The van der Waals surface area contributed by atoms with Crippen molar-refractivity contribution < 1.29 is 18.8 Å². The second kappa shape index (κ2) is 3.94. The molecular weight excluding hydrogens is 237 g/mol. The molecule has 0 saturated carbocycles. The third-order valence-corrected chi connectivity index (χ3v) is 2.24. The summed E-state index contributed by atoms with van der Waals surface area (Å²) in [5, 5.41) is 12.1. The van der Waals surface area contributed by atoms with E-state index in [9.17, 15) is 9.18 Å². The standard InChI is InChI=1S/C10H5ClFNO3/c11-6-2-1-5(3-7(6)12)8-4-9(10(14)15)16-13-8/h1-4H,(H,14,15). The van der Waals surface area contributed by atoms with Crippen LogP contribution in [0, 0.1) is 5.82 Å². The van der Waals surface area contributed by atoms with Crippen LogP contribution in [0.1, 0.15) is 10.6 Å². The summed E-state index contributed by atoms with van der Waals surface area (Å²) in [7, 11) is 0. The van der Waals surface area contributed by atoms with Gasteiger partial charge in [0.25, 0.3) is 0 Å². The van der Waals surface area contributed by atoms with Gasteiger partial charge in [0.1, 0.15) is 11.5 Å². The molecule has 0 atom stereocenters. The Morgan fingerprint density at radius 2 is 2.19 bits per heavy atom. The molecule has 1 N–H and O–H groups in total. The molecule has 6 heteroatoms. The van der Waals surface area contributed by atoms with Crippen molar-refractivity contribution in [3.63, 3.8) is 0 Å². The van der Waals surface area contributed by atoms with Gasteiger partial charge in [-0.3, -0.25) is 0 Å². The average molecular weight is 242 g/mol. The van der Waals surface area contributed by atoms with Crippen LogP contribution in [-0.2, 0) is 0 Å². The van der Waals surface area contributed by atoms with Crippen molar-refractivity contribution in [1.29, 1.82) is 0 Å². The molecule has 1 aromatic heterocycles. The minimum Gasteiger partial charge on any atom is -0.475 e. The summed E-state index contributed by atoms with van der Waals surface area (Å²) >= 11 is 5.51. The average Bonchev–Trinajstić information content (AvgIpc) is 2.71. The van der Waals surface area contributed by atoms with E-state index in [1.54, 1.807) is 0 Å². The summed E-state index contributed by atoms with van der Waals surface area (Å²) in [6, 6.07) is 5.26. The smallest absolute Gasteiger partial charge is 0.374 e. The molecule has 0 saturated heterocycles. The quantitative estimate of drug-likeness (QED) is 0.878. The Bertz CT molecular complexity index is 553. The van der Waals surface area contributed by atoms with Crippen molar-refractivity contribution in [2.24, 2.45) is 0 Å². The molecule has 0 aliphatic heterocycles. The number of aromatic carboxylic acids is 1. The van der Waals surface area contributed by atoms with E-state index in [0.717, 1.165) is 6.07 Å². The molecule has 0 aliphatic carbocycles. The number of halogens is 2. The Labute approximate surface area is 94.2 Å². The Balaban J connectivity index is 2.42. The molecule has 16 heavy (non-hydrogen) atoms. The molecule has 2 rings (SSSR count). The SMILES string of the molecule is O=C(O)c1cc(-c2ccc(Cl)c(F)c2)no1. The zero-order chi connectivity index (χ0) is 11.7. The van der Waals surface area contributed by atoms with Gasteiger partial charge in [0.05, 0.1) is 5.02 Å². The monoisotopic (exact) mass is 241 g/mol. The van der Waals surface area contributed by atoms with E-state index in [4.69, 9.17) is 16.7 Å². The topological polar surface area (TPSA) is 63.3 Å². The van der Waals surface area contributed by atoms with E-state index >= 15 is 0 Å². The summed E-state index contributed by atoms with van der Waals surface area (Å²) in [5.41, 5.74) is 0.645. The maximum Gasteiger partial charge on any atom is 0.374 e. The Morgan fingerprint density at radius 3 is 2.75 bits per heavy atom. The van der Waals surface area contributed by atoms with Crippen LogP contribution in [0.15, 0.2) is 28.8 Å². The lowest BCUT2D eigenvalue weighted by Crippen LogP contribution is -1.91. The van der Waals surface area contributed by atoms with Crippen LogP contribution in [0.2, 0.25) is 5.02 Å². The summed E-state index contributed by atoms with van der Waals surface area (Å²) in [4.78, 5) is 10.5. The van der Waals surface area contributed by atoms with E-state index in [-0.39, 0.29) is 16.5 Å². The van der Waals surface area contributed by atoms with Crippen LogP contribution in [0.5, 0.6) is 0 Å². The van der Waals surface area contributed by atoms with E-state index in [1.165, 1.54) is 18.2 Å². The molecule has 0 aliphatic rings. The van der Waals surface area contributed by atoms with Crippen LogP contribution >= 0.6 is 11.6 Å². The second-order valence-electron chi connectivity index (χ2n) is 3.01. The highest BCUT2D eigenvalue weighted by molar-refractivity contribution is 6.30. The summed E-state index contributed by atoms with van der Waals surface area (Å²) < 4.78 is 17.7.